The molecule has 6 N–H and O–H groups in total. The van der Waals surface area contributed by atoms with Crippen molar-refractivity contribution in [1.29, 1.82) is 0 Å². The molecule has 0 atom stereocenters. The van der Waals surface area contributed by atoms with Crippen molar-refractivity contribution in [3.63, 3.8) is 0 Å². The number of ether oxygens (including phenoxy) is 1. The first kappa shape index (κ1) is 20.6. The summed E-state index contributed by atoms with van der Waals surface area (Å²) in [5.41, 5.74) is 6.41. The van der Waals surface area contributed by atoms with E-state index in [9.17, 15) is 9.59 Å². The molecule has 0 saturated carbocycles. The van der Waals surface area contributed by atoms with Gasteiger partial charge in [0.15, 0.2) is 17.2 Å². The molecule has 0 amide bonds. The molecule has 2 rings (SSSR count). The molecule has 0 bridgehead atoms. The molecule has 0 aliphatic heterocycles. The van der Waals surface area contributed by atoms with E-state index < -0.39 is 23.2 Å². The van der Waals surface area contributed by atoms with Gasteiger partial charge in [0, 0.05) is 5.69 Å². The van der Waals surface area contributed by atoms with Crippen LogP contribution in [0.25, 0.3) is 0 Å². The minimum Gasteiger partial charge on any atom is -0.504 e. The van der Waals surface area contributed by atoms with Crippen LogP contribution in [0.4, 0.5) is 5.69 Å². The first-order chi connectivity index (χ1) is 12.3. The lowest BCUT2D eigenvalue weighted by molar-refractivity contribution is 0.0499. The highest BCUT2D eigenvalue weighted by molar-refractivity contribution is 5.90. The summed E-state index contributed by atoms with van der Waals surface area (Å²) in [6, 6.07) is 8.41. The Hall–Kier alpha value is -3.42. The maximum absolute atomic E-state index is 11.4. The van der Waals surface area contributed by atoms with Gasteiger partial charge >= 0.3 is 11.9 Å². The topological polar surface area (TPSA) is 150 Å². The summed E-state index contributed by atoms with van der Waals surface area (Å²) in [6.45, 7) is 2.54. The maximum atomic E-state index is 11.4. The zero-order valence-electron chi connectivity index (χ0n) is 14.2. The third-order valence-electron chi connectivity index (χ3n) is 3.19. The van der Waals surface area contributed by atoms with Gasteiger partial charge in [-0.15, -0.1) is 0 Å². The van der Waals surface area contributed by atoms with Gasteiger partial charge in [0.25, 0.3) is 0 Å². The average Bonchev–Trinajstić information content (AvgIpc) is 2.60. The first-order valence-electron chi connectivity index (χ1n) is 7.77. The normalized spacial score (nSPS) is 9.73. The van der Waals surface area contributed by atoms with Crippen LogP contribution >= 0.6 is 0 Å². The van der Waals surface area contributed by atoms with E-state index >= 15 is 0 Å². The number of aromatic carboxylic acids is 1. The van der Waals surface area contributed by atoms with Gasteiger partial charge in [-0.1, -0.05) is 13.3 Å². The van der Waals surface area contributed by atoms with E-state index in [0.717, 1.165) is 25.0 Å². The fourth-order valence-corrected chi connectivity index (χ4v) is 1.74. The number of anilines is 1. The lowest BCUT2D eigenvalue weighted by Crippen LogP contribution is -2.06. The first-order valence-corrected chi connectivity index (χ1v) is 7.77. The molecule has 0 saturated heterocycles. The molecule has 2 aromatic rings. The smallest absolute Gasteiger partial charge is 0.338 e. The van der Waals surface area contributed by atoms with Crippen molar-refractivity contribution >= 4 is 17.6 Å². The molecule has 140 valence electrons. The molecule has 0 aliphatic carbocycles. The Balaban J connectivity index is 0.000000263. The number of esters is 1. The van der Waals surface area contributed by atoms with Crippen LogP contribution in [-0.2, 0) is 4.74 Å². The number of unbranched alkanes of at least 4 members (excludes halogenated alkanes) is 1. The highest BCUT2D eigenvalue weighted by atomic mass is 16.5. The number of carboxylic acid groups (broad SMARTS) is 1. The number of benzene rings is 2. The van der Waals surface area contributed by atoms with Gasteiger partial charge in [0.05, 0.1) is 17.7 Å². The third kappa shape index (κ3) is 6.23. The van der Waals surface area contributed by atoms with Crippen LogP contribution in [0.5, 0.6) is 17.2 Å². The van der Waals surface area contributed by atoms with Crippen molar-refractivity contribution in [2.45, 2.75) is 19.8 Å². The summed E-state index contributed by atoms with van der Waals surface area (Å²) in [5.74, 6) is -3.61. The minimum atomic E-state index is -1.29. The molecule has 0 radical (unpaired) electrons. The van der Waals surface area contributed by atoms with Gasteiger partial charge in [0.2, 0.25) is 0 Å². The number of rotatable bonds is 5. The second-order valence-electron chi connectivity index (χ2n) is 5.28. The van der Waals surface area contributed by atoms with E-state index in [4.69, 9.17) is 30.9 Å². The van der Waals surface area contributed by atoms with Gasteiger partial charge in [-0.25, -0.2) is 9.59 Å². The van der Waals surface area contributed by atoms with Gasteiger partial charge in [-0.3, -0.25) is 0 Å². The largest absolute Gasteiger partial charge is 0.504 e. The number of hydrogen-bond acceptors (Lipinski definition) is 7. The van der Waals surface area contributed by atoms with Crippen LogP contribution in [0.15, 0.2) is 36.4 Å². The zero-order chi connectivity index (χ0) is 19.7. The highest BCUT2D eigenvalue weighted by Crippen LogP contribution is 2.35. The van der Waals surface area contributed by atoms with Crippen molar-refractivity contribution in [2.75, 3.05) is 12.3 Å². The molecule has 0 heterocycles. The second-order valence-corrected chi connectivity index (χ2v) is 5.28. The van der Waals surface area contributed by atoms with Crippen LogP contribution in [-0.4, -0.2) is 39.0 Å². The molecular formula is C18H21NO7. The molecule has 0 aromatic heterocycles. The van der Waals surface area contributed by atoms with E-state index in [1.54, 1.807) is 24.3 Å². The highest BCUT2D eigenvalue weighted by Gasteiger charge is 2.11. The number of aromatic hydroxyl groups is 3. The molecule has 0 unspecified atom stereocenters. The Morgan fingerprint density at radius 3 is 2.00 bits per heavy atom. The van der Waals surface area contributed by atoms with Crippen LogP contribution in [0.3, 0.4) is 0 Å². The Bertz CT molecular complexity index is 734. The number of carbonyl (C=O) groups excluding carboxylic acids is 1. The fourth-order valence-electron chi connectivity index (χ4n) is 1.74. The Kier molecular flexibility index (Phi) is 7.75. The molecule has 0 spiro atoms. The Morgan fingerprint density at radius 1 is 1.00 bits per heavy atom. The molecule has 8 heteroatoms. The molecule has 2 aromatic carbocycles. The predicted molar refractivity (Wildman–Crippen MR) is 94.4 cm³/mol. The van der Waals surface area contributed by atoms with Crippen LogP contribution < -0.4 is 5.73 Å². The predicted octanol–water partition coefficient (Wildman–Crippen LogP) is 2.73. The monoisotopic (exact) mass is 363 g/mol. The summed E-state index contributed by atoms with van der Waals surface area (Å²) in [5, 5.41) is 35.0. The number of nitrogen functional groups attached to an aromatic ring is 1. The quantitative estimate of drug-likeness (QED) is 0.235. The number of carbonyl (C=O) groups is 2. The molecular weight excluding hydrogens is 342 g/mol. The van der Waals surface area contributed by atoms with Crippen molar-refractivity contribution < 1.29 is 34.8 Å². The van der Waals surface area contributed by atoms with E-state index in [0.29, 0.717) is 17.9 Å². The second kappa shape index (κ2) is 9.77. The SMILES string of the molecule is CCCCOC(=O)c1ccc(N)cc1.O=C(O)c1cc(O)c(O)c(O)c1. The number of phenolic OH excluding ortho intramolecular Hbond substituents is 3. The van der Waals surface area contributed by atoms with Crippen molar-refractivity contribution in [3.8, 4) is 17.2 Å². The zero-order valence-corrected chi connectivity index (χ0v) is 14.2. The third-order valence-corrected chi connectivity index (χ3v) is 3.19. The van der Waals surface area contributed by atoms with E-state index in [-0.39, 0.29) is 11.5 Å². The van der Waals surface area contributed by atoms with E-state index in [1.807, 2.05) is 0 Å². The van der Waals surface area contributed by atoms with Gasteiger partial charge < -0.3 is 30.9 Å². The molecule has 0 fully saturated rings. The summed E-state index contributed by atoms with van der Waals surface area (Å²) in [7, 11) is 0. The van der Waals surface area contributed by atoms with Gasteiger partial charge in [0.1, 0.15) is 0 Å². The summed E-state index contributed by atoms with van der Waals surface area (Å²) in [6.07, 6.45) is 1.93. The Morgan fingerprint density at radius 2 is 1.54 bits per heavy atom. The van der Waals surface area contributed by atoms with Crippen LogP contribution in [0, 0.1) is 0 Å². The Labute approximate surface area is 150 Å². The van der Waals surface area contributed by atoms with Crippen molar-refractivity contribution in [2.24, 2.45) is 0 Å². The van der Waals surface area contributed by atoms with E-state index in [1.165, 1.54) is 0 Å². The van der Waals surface area contributed by atoms with Crippen molar-refractivity contribution in [3.05, 3.63) is 47.5 Å². The number of hydrogen-bond donors (Lipinski definition) is 5. The van der Waals surface area contributed by atoms with E-state index in [2.05, 4.69) is 6.92 Å². The molecule has 26 heavy (non-hydrogen) atoms. The number of phenols is 3. The number of carboxylic acids is 1. The van der Waals surface area contributed by atoms with Crippen LogP contribution in [0.1, 0.15) is 40.5 Å². The lowest BCUT2D eigenvalue weighted by Gasteiger charge is -2.03. The van der Waals surface area contributed by atoms with Gasteiger partial charge in [-0.2, -0.15) is 0 Å². The van der Waals surface area contributed by atoms with Crippen molar-refractivity contribution in [1.82, 2.24) is 0 Å². The summed E-state index contributed by atoms with van der Waals surface area (Å²) in [4.78, 5) is 21.7. The standard InChI is InChI=1S/C11H15NO2.C7H6O5/c1-2-3-8-14-11(13)9-4-6-10(12)7-5-9;8-4-1-3(7(11)12)2-5(9)6(4)10/h4-7H,2-3,8,12H2,1H3;1-2,8-10H,(H,11,12). The van der Waals surface area contributed by atoms with Gasteiger partial charge in [-0.05, 0) is 42.8 Å². The molecule has 0 aliphatic rings. The molecule has 8 nitrogen and oxygen atoms in total. The minimum absolute atomic E-state index is 0.279. The summed E-state index contributed by atoms with van der Waals surface area (Å²) < 4.78 is 5.03. The average molecular weight is 363 g/mol. The number of nitrogens with two attached hydrogens (primary N) is 1. The maximum Gasteiger partial charge on any atom is 0.338 e. The fraction of sp³-hybridized carbons (Fsp3) is 0.222. The lowest BCUT2D eigenvalue weighted by atomic mass is 10.2. The van der Waals surface area contributed by atoms with Crippen LogP contribution in [0.2, 0.25) is 0 Å². The summed E-state index contributed by atoms with van der Waals surface area (Å²) >= 11 is 0.